The van der Waals surface area contributed by atoms with E-state index in [1.807, 2.05) is 30.3 Å². The van der Waals surface area contributed by atoms with Crippen LogP contribution in [0, 0.1) is 0 Å². The maximum absolute atomic E-state index is 13.2. The smallest absolute Gasteiger partial charge is 0.329 e. The van der Waals surface area contributed by atoms with Gasteiger partial charge < -0.3 is 19.5 Å². The lowest BCUT2D eigenvalue weighted by molar-refractivity contribution is -0.151. The van der Waals surface area contributed by atoms with E-state index in [-0.39, 0.29) is 43.0 Å². The fourth-order valence-electron chi connectivity index (χ4n) is 3.35. The van der Waals surface area contributed by atoms with Crippen LogP contribution in [0.15, 0.2) is 73.3 Å². The molecule has 0 radical (unpaired) electrons. The molecule has 1 N–H and O–H groups in total. The summed E-state index contributed by atoms with van der Waals surface area (Å²) in [7, 11) is 1.45. The van der Waals surface area contributed by atoms with Crippen LogP contribution in [0.1, 0.15) is 28.9 Å². The van der Waals surface area contributed by atoms with Gasteiger partial charge >= 0.3 is 11.9 Å². The summed E-state index contributed by atoms with van der Waals surface area (Å²) >= 11 is 0. The van der Waals surface area contributed by atoms with E-state index >= 15 is 0 Å². The van der Waals surface area contributed by atoms with Gasteiger partial charge in [0.15, 0.2) is 0 Å². The number of benzene rings is 2. The van der Waals surface area contributed by atoms with Crippen molar-refractivity contribution in [2.45, 2.75) is 25.5 Å². The first-order valence-electron chi connectivity index (χ1n) is 10.7. The molecule has 1 atom stereocenters. The number of carbonyl (C=O) groups is 3. The Labute approximate surface area is 197 Å². The van der Waals surface area contributed by atoms with Crippen molar-refractivity contribution in [3.8, 4) is 5.75 Å². The van der Waals surface area contributed by atoms with E-state index < -0.39 is 23.9 Å². The number of phenols is 1. The van der Waals surface area contributed by atoms with E-state index in [4.69, 9.17) is 9.47 Å². The Morgan fingerprint density at radius 2 is 1.82 bits per heavy atom. The number of hydrogen-bond donors (Lipinski definition) is 1. The Hall–Kier alpha value is -4.20. The maximum atomic E-state index is 13.2. The van der Waals surface area contributed by atoms with E-state index in [0.29, 0.717) is 5.39 Å². The van der Waals surface area contributed by atoms with Crippen LogP contribution in [-0.4, -0.2) is 52.5 Å². The normalized spacial score (nSPS) is 11.4. The Morgan fingerprint density at radius 3 is 2.56 bits per heavy atom. The molecule has 8 heteroatoms. The van der Waals surface area contributed by atoms with Gasteiger partial charge in [-0.2, -0.15) is 0 Å². The van der Waals surface area contributed by atoms with Gasteiger partial charge in [0.25, 0.3) is 5.91 Å². The van der Waals surface area contributed by atoms with E-state index in [2.05, 4.69) is 11.6 Å². The lowest BCUT2D eigenvalue weighted by Crippen LogP contribution is -2.44. The number of fused-ring (bicyclic) bond motifs is 1. The number of para-hydroxylation sites is 1. The molecule has 3 aromatic rings. The van der Waals surface area contributed by atoms with E-state index in [1.165, 1.54) is 30.2 Å². The molecule has 176 valence electrons. The van der Waals surface area contributed by atoms with Crippen LogP contribution in [0.5, 0.6) is 5.75 Å². The zero-order valence-corrected chi connectivity index (χ0v) is 18.8. The molecule has 34 heavy (non-hydrogen) atoms. The van der Waals surface area contributed by atoms with Crippen LogP contribution in [0.2, 0.25) is 0 Å². The van der Waals surface area contributed by atoms with Gasteiger partial charge in [-0.1, -0.05) is 61.2 Å². The van der Waals surface area contributed by atoms with Crippen LogP contribution >= 0.6 is 0 Å². The van der Waals surface area contributed by atoms with E-state index in [0.717, 1.165) is 5.56 Å². The fraction of sp³-hybridized carbons (Fsp3) is 0.231. The van der Waals surface area contributed by atoms with Crippen LogP contribution in [0.3, 0.4) is 0 Å². The number of pyridine rings is 1. The Morgan fingerprint density at radius 1 is 1.06 bits per heavy atom. The van der Waals surface area contributed by atoms with Crippen LogP contribution < -0.4 is 0 Å². The Bertz CT molecular complexity index is 1180. The number of carbonyl (C=O) groups excluding carboxylic acids is 3. The lowest BCUT2D eigenvalue weighted by Gasteiger charge is -2.26. The third kappa shape index (κ3) is 6.19. The topological polar surface area (TPSA) is 106 Å². The van der Waals surface area contributed by atoms with Crippen molar-refractivity contribution in [3.63, 3.8) is 0 Å². The van der Waals surface area contributed by atoms with Crippen LogP contribution in [0.25, 0.3) is 10.9 Å². The number of ether oxygens (including phenoxy) is 2. The molecule has 3 rings (SSSR count). The molecule has 2 aromatic carbocycles. The van der Waals surface area contributed by atoms with Gasteiger partial charge in [0.2, 0.25) is 0 Å². The molecule has 0 aliphatic carbocycles. The predicted molar refractivity (Wildman–Crippen MR) is 126 cm³/mol. The highest BCUT2D eigenvalue weighted by Gasteiger charge is 2.30. The van der Waals surface area contributed by atoms with Gasteiger partial charge in [0, 0.05) is 18.9 Å². The van der Waals surface area contributed by atoms with Crippen LogP contribution in [0.4, 0.5) is 0 Å². The lowest BCUT2D eigenvalue weighted by atomic mass is 10.1. The van der Waals surface area contributed by atoms with Crippen molar-refractivity contribution in [2.75, 3.05) is 13.7 Å². The first-order valence-corrected chi connectivity index (χ1v) is 10.7. The zero-order chi connectivity index (χ0) is 24.5. The molecule has 1 amide bonds. The molecule has 0 bridgehead atoms. The summed E-state index contributed by atoms with van der Waals surface area (Å²) in [5, 5.41) is 10.8. The third-order valence-corrected chi connectivity index (χ3v) is 5.19. The zero-order valence-electron chi connectivity index (χ0n) is 18.8. The molecule has 0 aliphatic rings. The Balaban J connectivity index is 1.79. The molecule has 0 saturated carbocycles. The standard InChI is InChI=1S/C26H26N2O6/c1-3-16-33-23(30)15-14-21(26(32)34-17-18-8-5-4-6-9-18)28(2)25(31)20-13-12-19-10-7-11-22(29)24(19)27-20/h3-13,21,29H,1,14-17H2,2H3/t21-/m0/s1. The SMILES string of the molecule is C=CCOC(=O)CC[C@@H](C(=O)OCc1ccccc1)N(C)C(=O)c1ccc2cccc(O)c2n1. The summed E-state index contributed by atoms with van der Waals surface area (Å²) in [5.74, 6) is -1.78. The first-order chi connectivity index (χ1) is 16.4. The molecule has 1 aromatic heterocycles. The molecule has 8 nitrogen and oxygen atoms in total. The van der Waals surface area contributed by atoms with Gasteiger partial charge in [0.1, 0.15) is 36.2 Å². The molecule has 0 unspecified atom stereocenters. The van der Waals surface area contributed by atoms with Gasteiger partial charge in [-0.05, 0) is 24.1 Å². The summed E-state index contributed by atoms with van der Waals surface area (Å²) in [6, 6.07) is 16.2. The highest BCUT2D eigenvalue weighted by molar-refractivity contribution is 5.97. The summed E-state index contributed by atoms with van der Waals surface area (Å²) < 4.78 is 10.4. The second-order valence-electron chi connectivity index (χ2n) is 7.58. The number of aromatic nitrogens is 1. The molecule has 0 spiro atoms. The number of hydrogen-bond acceptors (Lipinski definition) is 7. The second-order valence-corrected chi connectivity index (χ2v) is 7.58. The third-order valence-electron chi connectivity index (χ3n) is 5.19. The van der Waals surface area contributed by atoms with Gasteiger partial charge in [-0.15, -0.1) is 0 Å². The van der Waals surface area contributed by atoms with Crippen molar-refractivity contribution < 1.29 is 29.0 Å². The minimum atomic E-state index is -1.05. The molecule has 0 saturated heterocycles. The number of likely N-dealkylation sites (N-methyl/N-ethyl adjacent to an activating group) is 1. The number of aromatic hydroxyl groups is 1. The summed E-state index contributed by atoms with van der Waals surface area (Å²) in [5.41, 5.74) is 1.12. The quantitative estimate of drug-likeness (QED) is 0.362. The van der Waals surface area contributed by atoms with Crippen molar-refractivity contribution in [2.24, 2.45) is 0 Å². The fourth-order valence-corrected chi connectivity index (χ4v) is 3.35. The van der Waals surface area contributed by atoms with E-state index in [1.54, 1.807) is 18.2 Å². The largest absolute Gasteiger partial charge is 0.506 e. The molecule has 0 aliphatic heterocycles. The van der Waals surface area contributed by atoms with Crippen molar-refractivity contribution in [1.29, 1.82) is 0 Å². The average Bonchev–Trinajstić information content (AvgIpc) is 2.86. The van der Waals surface area contributed by atoms with E-state index in [9.17, 15) is 19.5 Å². The minimum absolute atomic E-state index is 0.00463. The number of esters is 2. The second kappa shape index (κ2) is 11.6. The monoisotopic (exact) mass is 462 g/mol. The summed E-state index contributed by atoms with van der Waals surface area (Å²) in [6.07, 6.45) is 1.35. The highest BCUT2D eigenvalue weighted by Crippen LogP contribution is 2.23. The number of phenolic OH excluding ortho intramolecular Hbond substituents is 1. The van der Waals surface area contributed by atoms with Crippen LogP contribution in [-0.2, 0) is 25.7 Å². The summed E-state index contributed by atoms with van der Waals surface area (Å²) in [6.45, 7) is 3.58. The minimum Gasteiger partial charge on any atom is -0.506 e. The first kappa shape index (κ1) is 24.4. The number of rotatable bonds is 10. The van der Waals surface area contributed by atoms with Crippen molar-refractivity contribution in [3.05, 3.63) is 84.6 Å². The molecule has 1 heterocycles. The van der Waals surface area contributed by atoms with Gasteiger partial charge in [0.05, 0.1) is 0 Å². The number of nitrogens with zero attached hydrogens (tertiary/aromatic N) is 2. The molecular formula is C26H26N2O6. The van der Waals surface area contributed by atoms with Crippen molar-refractivity contribution in [1.82, 2.24) is 9.88 Å². The predicted octanol–water partition coefficient (Wildman–Crippen LogP) is 3.63. The van der Waals surface area contributed by atoms with Crippen molar-refractivity contribution >= 4 is 28.7 Å². The molecular weight excluding hydrogens is 436 g/mol. The Kier molecular flexibility index (Phi) is 8.34. The summed E-state index contributed by atoms with van der Waals surface area (Å²) in [4.78, 5) is 43.6. The average molecular weight is 463 g/mol. The maximum Gasteiger partial charge on any atom is 0.329 e. The van der Waals surface area contributed by atoms with Gasteiger partial charge in [-0.25, -0.2) is 9.78 Å². The highest BCUT2D eigenvalue weighted by atomic mass is 16.5. The van der Waals surface area contributed by atoms with Gasteiger partial charge in [-0.3, -0.25) is 9.59 Å². The number of amides is 1. The molecule has 0 fully saturated rings.